The lowest BCUT2D eigenvalue weighted by molar-refractivity contribution is -0.137. The number of nitrogens with two attached hydrogens (primary N) is 1. The van der Waals surface area contributed by atoms with E-state index < -0.39 is 11.7 Å². The minimum Gasteiger partial charge on any atom is -0.369 e. The third-order valence-corrected chi connectivity index (χ3v) is 3.71. The van der Waals surface area contributed by atoms with Crippen molar-refractivity contribution in [2.45, 2.75) is 25.1 Å². The number of hydrogen-bond donors (Lipinski definition) is 1. The van der Waals surface area contributed by atoms with Crippen molar-refractivity contribution in [2.24, 2.45) is 5.73 Å². The van der Waals surface area contributed by atoms with Gasteiger partial charge >= 0.3 is 6.18 Å². The van der Waals surface area contributed by atoms with Crippen LogP contribution in [0.2, 0.25) is 0 Å². The molecule has 0 radical (unpaired) electrons. The second-order valence-electron chi connectivity index (χ2n) is 4.51. The largest absolute Gasteiger partial charge is 0.416 e. The van der Waals surface area contributed by atoms with Crippen LogP contribution in [-0.2, 0) is 6.18 Å². The van der Waals surface area contributed by atoms with Gasteiger partial charge in [-0.25, -0.2) is 0 Å². The molecule has 1 aliphatic rings. The van der Waals surface area contributed by atoms with E-state index in [4.69, 9.17) is 5.73 Å². The van der Waals surface area contributed by atoms with Gasteiger partial charge in [0.05, 0.1) is 11.3 Å². The lowest BCUT2D eigenvalue weighted by Gasteiger charge is -2.33. The number of hydrogen-bond acceptors (Lipinski definition) is 2. The quantitative estimate of drug-likeness (QED) is 0.858. The van der Waals surface area contributed by atoms with Crippen LogP contribution in [0, 0.1) is 0 Å². The van der Waals surface area contributed by atoms with E-state index >= 15 is 0 Å². The Labute approximate surface area is 112 Å². The molecule has 6 heteroatoms. The van der Waals surface area contributed by atoms with Crippen LogP contribution in [0.15, 0.2) is 22.7 Å². The molecule has 0 bridgehead atoms. The van der Waals surface area contributed by atoms with E-state index in [1.807, 2.05) is 4.90 Å². The lowest BCUT2D eigenvalue weighted by Crippen LogP contribution is -2.43. The molecular formula is C12H14BrF3N2. The highest BCUT2D eigenvalue weighted by Crippen LogP contribution is 2.35. The van der Waals surface area contributed by atoms with Crippen molar-refractivity contribution in [3.63, 3.8) is 0 Å². The van der Waals surface area contributed by atoms with Crippen LogP contribution in [0.3, 0.4) is 0 Å². The minimum atomic E-state index is -4.31. The average Bonchev–Trinajstić information content (AvgIpc) is 2.27. The molecule has 1 unspecified atom stereocenters. The molecule has 1 heterocycles. The fourth-order valence-corrected chi connectivity index (χ4v) is 2.80. The Morgan fingerprint density at radius 2 is 2.06 bits per heavy atom. The summed E-state index contributed by atoms with van der Waals surface area (Å²) in [6.45, 7) is 1.52. The zero-order valence-corrected chi connectivity index (χ0v) is 11.3. The van der Waals surface area contributed by atoms with Crippen LogP contribution in [0.5, 0.6) is 0 Å². The Hall–Kier alpha value is -0.750. The molecule has 18 heavy (non-hydrogen) atoms. The van der Waals surface area contributed by atoms with Crippen molar-refractivity contribution in [2.75, 3.05) is 18.0 Å². The Balaban J connectivity index is 2.24. The number of anilines is 1. The molecule has 0 saturated carbocycles. The van der Waals surface area contributed by atoms with Crippen molar-refractivity contribution in [1.29, 1.82) is 0 Å². The topological polar surface area (TPSA) is 29.3 Å². The van der Waals surface area contributed by atoms with E-state index in [1.165, 1.54) is 6.07 Å². The number of halogens is 4. The lowest BCUT2D eigenvalue weighted by atomic mass is 10.1. The van der Waals surface area contributed by atoms with Crippen LogP contribution in [0.4, 0.5) is 18.9 Å². The first-order valence-corrected chi connectivity index (χ1v) is 6.54. The van der Waals surface area contributed by atoms with Crippen molar-refractivity contribution >= 4 is 21.6 Å². The molecule has 2 rings (SSSR count). The van der Waals surface area contributed by atoms with Gasteiger partial charge in [0.1, 0.15) is 0 Å². The maximum atomic E-state index is 12.5. The van der Waals surface area contributed by atoms with Crippen molar-refractivity contribution in [3.05, 3.63) is 28.2 Å². The predicted molar refractivity (Wildman–Crippen MR) is 68.6 cm³/mol. The van der Waals surface area contributed by atoms with Gasteiger partial charge in [0.25, 0.3) is 0 Å². The predicted octanol–water partition coefficient (Wildman–Crippen LogP) is 3.40. The van der Waals surface area contributed by atoms with E-state index in [0.717, 1.165) is 37.2 Å². The molecule has 0 amide bonds. The summed E-state index contributed by atoms with van der Waals surface area (Å²) in [5, 5.41) is 0. The number of nitrogens with zero attached hydrogens (tertiary/aromatic N) is 1. The average molecular weight is 323 g/mol. The first kappa shape index (κ1) is 13.7. The molecule has 100 valence electrons. The summed E-state index contributed by atoms with van der Waals surface area (Å²) in [5.74, 6) is 0. The normalized spacial score (nSPS) is 21.2. The van der Waals surface area contributed by atoms with Gasteiger partial charge in [-0.1, -0.05) is 0 Å². The Morgan fingerprint density at radius 1 is 1.33 bits per heavy atom. The van der Waals surface area contributed by atoms with E-state index in [2.05, 4.69) is 15.9 Å². The van der Waals surface area contributed by atoms with Gasteiger partial charge in [-0.3, -0.25) is 0 Å². The maximum absolute atomic E-state index is 12.5. The minimum absolute atomic E-state index is 0.0907. The second-order valence-corrected chi connectivity index (χ2v) is 5.37. The molecule has 1 aromatic carbocycles. The summed E-state index contributed by atoms with van der Waals surface area (Å²) in [5.41, 5.74) is 6.01. The van der Waals surface area contributed by atoms with E-state index in [0.29, 0.717) is 11.0 Å². The first-order chi connectivity index (χ1) is 8.38. The van der Waals surface area contributed by atoms with Gasteiger partial charge < -0.3 is 10.6 Å². The number of piperidine rings is 1. The van der Waals surface area contributed by atoms with E-state index in [1.54, 1.807) is 0 Å². The first-order valence-electron chi connectivity index (χ1n) is 5.75. The van der Waals surface area contributed by atoms with Gasteiger partial charge in [0.15, 0.2) is 0 Å². The fourth-order valence-electron chi connectivity index (χ4n) is 2.17. The van der Waals surface area contributed by atoms with Crippen LogP contribution in [0.1, 0.15) is 18.4 Å². The van der Waals surface area contributed by atoms with E-state index in [-0.39, 0.29) is 6.04 Å². The molecule has 1 aliphatic heterocycles. The highest BCUT2D eigenvalue weighted by molar-refractivity contribution is 9.10. The van der Waals surface area contributed by atoms with Gasteiger partial charge in [0.2, 0.25) is 0 Å². The van der Waals surface area contributed by atoms with Crippen molar-refractivity contribution in [3.8, 4) is 0 Å². The molecule has 1 saturated heterocycles. The van der Waals surface area contributed by atoms with E-state index in [9.17, 15) is 13.2 Å². The number of alkyl halides is 3. The molecule has 0 aromatic heterocycles. The zero-order valence-electron chi connectivity index (χ0n) is 9.67. The summed E-state index contributed by atoms with van der Waals surface area (Å²) >= 11 is 3.21. The van der Waals surface area contributed by atoms with Gasteiger partial charge in [-0.15, -0.1) is 0 Å². The van der Waals surface area contributed by atoms with Crippen molar-refractivity contribution < 1.29 is 13.2 Å². The second kappa shape index (κ2) is 5.09. The molecule has 2 nitrogen and oxygen atoms in total. The Morgan fingerprint density at radius 3 is 2.61 bits per heavy atom. The third-order valence-electron chi connectivity index (χ3n) is 3.07. The van der Waals surface area contributed by atoms with Gasteiger partial charge in [-0.2, -0.15) is 13.2 Å². The Bertz CT molecular complexity index is 434. The van der Waals surface area contributed by atoms with Crippen LogP contribution < -0.4 is 10.6 Å². The molecular weight excluding hydrogens is 309 g/mol. The summed E-state index contributed by atoms with van der Waals surface area (Å²) in [6, 6.07) is 3.83. The molecule has 0 spiro atoms. The summed E-state index contributed by atoms with van der Waals surface area (Å²) in [6.07, 6.45) is -2.37. The highest BCUT2D eigenvalue weighted by Gasteiger charge is 2.31. The van der Waals surface area contributed by atoms with Crippen LogP contribution in [0.25, 0.3) is 0 Å². The van der Waals surface area contributed by atoms with Gasteiger partial charge in [-0.05, 0) is 47.0 Å². The summed E-state index contributed by atoms with van der Waals surface area (Å²) < 4.78 is 38.1. The summed E-state index contributed by atoms with van der Waals surface area (Å²) in [7, 11) is 0. The number of rotatable bonds is 1. The number of benzene rings is 1. The fraction of sp³-hybridized carbons (Fsp3) is 0.500. The SMILES string of the molecule is NC1CCCN(c2ccc(C(F)(F)F)cc2Br)C1. The van der Waals surface area contributed by atoms with Crippen LogP contribution in [-0.4, -0.2) is 19.1 Å². The maximum Gasteiger partial charge on any atom is 0.416 e. The van der Waals surface area contributed by atoms with Crippen LogP contribution >= 0.6 is 15.9 Å². The Kier molecular flexibility index (Phi) is 3.87. The molecule has 1 aromatic rings. The molecule has 1 fully saturated rings. The molecule has 1 atom stereocenters. The highest BCUT2D eigenvalue weighted by atomic mass is 79.9. The standard InChI is InChI=1S/C12H14BrF3N2/c13-10-6-8(12(14,15)16)3-4-11(10)18-5-1-2-9(17)7-18/h3-4,6,9H,1-2,5,7,17H2. The zero-order chi connectivity index (χ0) is 13.3. The smallest absolute Gasteiger partial charge is 0.369 e. The monoisotopic (exact) mass is 322 g/mol. The van der Waals surface area contributed by atoms with Crippen molar-refractivity contribution in [1.82, 2.24) is 0 Å². The molecule has 2 N–H and O–H groups in total. The third kappa shape index (κ3) is 2.98. The molecule has 0 aliphatic carbocycles. The van der Waals surface area contributed by atoms with Gasteiger partial charge in [0, 0.05) is 23.6 Å². The summed E-state index contributed by atoms with van der Waals surface area (Å²) in [4.78, 5) is 2.03.